The third-order valence-electron chi connectivity index (χ3n) is 4.03. The summed E-state index contributed by atoms with van der Waals surface area (Å²) in [6.45, 7) is 1.19. The maximum Gasteiger partial charge on any atom is 0.228 e. The molecule has 0 aliphatic heterocycles. The SMILES string of the molecule is O=C1C(NCCn2cccc2)=CC(=O)c2sc(-c3ccc(F)cc3)nc21. The van der Waals surface area contributed by atoms with Crippen molar-refractivity contribution < 1.29 is 14.0 Å². The predicted molar refractivity (Wildman–Crippen MR) is 96.7 cm³/mol. The molecule has 3 aromatic rings. The fourth-order valence-electron chi connectivity index (χ4n) is 2.72. The first kappa shape index (κ1) is 16.4. The third kappa shape index (κ3) is 3.09. The van der Waals surface area contributed by atoms with Gasteiger partial charge in [-0.05, 0) is 36.4 Å². The lowest BCUT2D eigenvalue weighted by atomic mass is 10.0. The molecular weight excluding hydrogens is 353 g/mol. The number of Topliss-reactive ketones (excluding diaryl/α,β-unsaturated/α-hetero) is 1. The van der Waals surface area contributed by atoms with Crippen LogP contribution in [0.1, 0.15) is 20.2 Å². The number of ketones is 2. The maximum absolute atomic E-state index is 13.1. The van der Waals surface area contributed by atoms with Crippen molar-refractivity contribution in [2.45, 2.75) is 6.54 Å². The molecule has 0 saturated heterocycles. The van der Waals surface area contributed by atoms with Crippen molar-refractivity contribution in [2.24, 2.45) is 0 Å². The van der Waals surface area contributed by atoms with Crippen molar-refractivity contribution in [3.8, 4) is 10.6 Å². The Morgan fingerprint density at radius 1 is 1.12 bits per heavy atom. The predicted octanol–water partition coefficient (Wildman–Crippen LogP) is 3.30. The van der Waals surface area contributed by atoms with Gasteiger partial charge in [0.15, 0.2) is 5.78 Å². The lowest BCUT2D eigenvalue weighted by molar-refractivity contribution is 0.0977. The molecule has 2 heterocycles. The standard InChI is InChI=1S/C19H14FN3O2S/c20-13-5-3-12(4-6-13)19-22-16-17(25)14(11-15(24)18(16)26-19)21-7-10-23-8-1-2-9-23/h1-6,8-9,11,21H,7,10H2. The second-order valence-corrected chi connectivity index (χ2v) is 6.80. The van der Waals surface area contributed by atoms with Gasteiger partial charge in [-0.25, -0.2) is 9.37 Å². The summed E-state index contributed by atoms with van der Waals surface area (Å²) >= 11 is 1.15. The second-order valence-electron chi connectivity index (χ2n) is 5.80. The van der Waals surface area contributed by atoms with Crippen LogP contribution in [0.25, 0.3) is 10.6 Å². The molecular formula is C19H14FN3O2S. The number of hydrogen-bond donors (Lipinski definition) is 1. The Bertz CT molecular complexity index is 1000. The van der Waals surface area contributed by atoms with E-state index in [1.54, 1.807) is 12.1 Å². The smallest absolute Gasteiger partial charge is 0.228 e. The van der Waals surface area contributed by atoms with Crippen LogP contribution in [0.3, 0.4) is 0 Å². The van der Waals surface area contributed by atoms with E-state index in [0.29, 0.717) is 28.5 Å². The van der Waals surface area contributed by atoms with Gasteiger partial charge >= 0.3 is 0 Å². The quantitative estimate of drug-likeness (QED) is 0.752. The molecule has 0 spiro atoms. The van der Waals surface area contributed by atoms with Crippen molar-refractivity contribution in [1.29, 1.82) is 0 Å². The van der Waals surface area contributed by atoms with Crippen LogP contribution in [-0.2, 0) is 6.54 Å². The minimum absolute atomic E-state index is 0.158. The number of hydrogen-bond acceptors (Lipinski definition) is 5. The van der Waals surface area contributed by atoms with E-state index in [1.807, 2.05) is 29.1 Å². The van der Waals surface area contributed by atoms with Gasteiger partial charge in [0, 0.05) is 37.1 Å². The molecule has 26 heavy (non-hydrogen) atoms. The molecule has 7 heteroatoms. The van der Waals surface area contributed by atoms with Gasteiger partial charge in [-0.2, -0.15) is 0 Å². The molecule has 0 unspecified atom stereocenters. The van der Waals surface area contributed by atoms with Crippen LogP contribution in [0.4, 0.5) is 4.39 Å². The highest BCUT2D eigenvalue weighted by Crippen LogP contribution is 2.32. The molecule has 0 bridgehead atoms. The van der Waals surface area contributed by atoms with E-state index < -0.39 is 0 Å². The summed E-state index contributed by atoms with van der Waals surface area (Å²) in [5.41, 5.74) is 1.09. The van der Waals surface area contributed by atoms with Crippen LogP contribution < -0.4 is 5.32 Å². The first-order valence-corrected chi connectivity index (χ1v) is 8.85. The highest BCUT2D eigenvalue weighted by molar-refractivity contribution is 7.17. The Hall–Kier alpha value is -3.06. The van der Waals surface area contributed by atoms with Gasteiger partial charge in [0.05, 0.1) is 5.70 Å². The number of benzene rings is 1. The first-order valence-electron chi connectivity index (χ1n) is 8.04. The molecule has 0 fully saturated rings. The average Bonchev–Trinajstić information content (AvgIpc) is 3.30. The molecule has 1 N–H and O–H groups in total. The van der Waals surface area contributed by atoms with Crippen LogP contribution in [-0.4, -0.2) is 27.7 Å². The Balaban J connectivity index is 1.53. The van der Waals surface area contributed by atoms with Crippen molar-refractivity contribution in [3.05, 3.63) is 77.0 Å². The van der Waals surface area contributed by atoms with Crippen molar-refractivity contribution in [3.63, 3.8) is 0 Å². The summed E-state index contributed by atoms with van der Waals surface area (Å²) in [4.78, 5) is 29.7. The fourth-order valence-corrected chi connectivity index (χ4v) is 3.70. The van der Waals surface area contributed by atoms with E-state index in [9.17, 15) is 14.0 Å². The van der Waals surface area contributed by atoms with Gasteiger partial charge in [0.25, 0.3) is 0 Å². The lowest BCUT2D eigenvalue weighted by Crippen LogP contribution is -2.28. The van der Waals surface area contributed by atoms with Gasteiger partial charge in [0.2, 0.25) is 5.78 Å². The molecule has 0 saturated carbocycles. The number of carbonyl (C=O) groups excluding carboxylic acids is 2. The number of nitrogens with zero attached hydrogens (tertiary/aromatic N) is 2. The van der Waals surface area contributed by atoms with Crippen LogP contribution in [0.5, 0.6) is 0 Å². The zero-order valence-electron chi connectivity index (χ0n) is 13.6. The average molecular weight is 367 g/mol. The largest absolute Gasteiger partial charge is 0.380 e. The normalized spacial score (nSPS) is 13.5. The highest BCUT2D eigenvalue weighted by atomic mass is 32.1. The summed E-state index contributed by atoms with van der Waals surface area (Å²) in [7, 11) is 0. The minimum Gasteiger partial charge on any atom is -0.380 e. The Labute approximate surface area is 152 Å². The summed E-state index contributed by atoms with van der Waals surface area (Å²) < 4.78 is 15.1. The van der Waals surface area contributed by atoms with Crippen LogP contribution in [0.2, 0.25) is 0 Å². The van der Waals surface area contributed by atoms with Crippen LogP contribution in [0, 0.1) is 5.82 Å². The van der Waals surface area contributed by atoms with E-state index in [2.05, 4.69) is 10.3 Å². The number of rotatable bonds is 5. The van der Waals surface area contributed by atoms with E-state index >= 15 is 0 Å². The minimum atomic E-state index is -0.349. The van der Waals surface area contributed by atoms with E-state index in [0.717, 1.165) is 11.3 Å². The topological polar surface area (TPSA) is 64.0 Å². The Morgan fingerprint density at radius 3 is 2.58 bits per heavy atom. The third-order valence-corrected chi connectivity index (χ3v) is 5.15. The second kappa shape index (κ2) is 6.68. The van der Waals surface area contributed by atoms with E-state index in [4.69, 9.17) is 0 Å². The van der Waals surface area contributed by atoms with Gasteiger partial charge < -0.3 is 9.88 Å². The Morgan fingerprint density at radius 2 is 1.85 bits per heavy atom. The lowest BCUT2D eigenvalue weighted by Gasteiger charge is -2.13. The maximum atomic E-state index is 13.1. The molecule has 0 radical (unpaired) electrons. The van der Waals surface area contributed by atoms with Gasteiger partial charge in [-0.3, -0.25) is 9.59 Å². The molecule has 0 atom stereocenters. The number of halogens is 1. The number of aromatic nitrogens is 2. The summed E-state index contributed by atoms with van der Waals surface area (Å²) in [5, 5.41) is 3.55. The van der Waals surface area contributed by atoms with Crippen molar-refractivity contribution in [2.75, 3.05) is 6.54 Å². The summed E-state index contributed by atoms with van der Waals surface area (Å²) in [5.74, 6) is -0.885. The molecule has 5 nitrogen and oxygen atoms in total. The molecule has 2 aromatic heterocycles. The molecule has 130 valence electrons. The number of nitrogens with one attached hydrogen (secondary N) is 1. The van der Waals surface area contributed by atoms with Gasteiger partial charge in [-0.1, -0.05) is 0 Å². The van der Waals surface area contributed by atoms with Crippen LogP contribution >= 0.6 is 11.3 Å². The zero-order valence-corrected chi connectivity index (χ0v) is 14.4. The van der Waals surface area contributed by atoms with Crippen molar-refractivity contribution >= 4 is 22.9 Å². The van der Waals surface area contributed by atoms with E-state index in [1.165, 1.54) is 18.2 Å². The summed E-state index contributed by atoms with van der Waals surface area (Å²) in [6, 6.07) is 9.66. The van der Waals surface area contributed by atoms with Crippen molar-refractivity contribution in [1.82, 2.24) is 14.9 Å². The van der Waals surface area contributed by atoms with E-state index in [-0.39, 0.29) is 28.8 Å². The molecule has 1 aromatic carbocycles. The fraction of sp³-hybridized carbons (Fsp3) is 0.105. The zero-order chi connectivity index (χ0) is 18.1. The highest BCUT2D eigenvalue weighted by Gasteiger charge is 2.30. The molecule has 4 rings (SSSR count). The van der Waals surface area contributed by atoms with Crippen LogP contribution in [0.15, 0.2) is 60.6 Å². The number of thiazole rings is 1. The monoisotopic (exact) mass is 367 g/mol. The molecule has 1 aliphatic carbocycles. The first-order chi connectivity index (χ1) is 12.6. The van der Waals surface area contributed by atoms with Gasteiger partial charge in [-0.15, -0.1) is 11.3 Å². The van der Waals surface area contributed by atoms with Gasteiger partial charge in [0.1, 0.15) is 21.4 Å². The number of fused-ring (bicyclic) bond motifs is 1. The Kier molecular flexibility index (Phi) is 4.22. The summed E-state index contributed by atoms with van der Waals surface area (Å²) in [6.07, 6.45) is 5.18. The number of carbonyl (C=O) groups is 2. The molecule has 0 amide bonds. The number of allylic oxidation sites excluding steroid dienone is 2. The molecule has 1 aliphatic rings.